The van der Waals surface area contributed by atoms with Crippen LogP contribution < -0.4 is 5.32 Å². The smallest absolute Gasteiger partial charge is 0.259 e. The van der Waals surface area contributed by atoms with Crippen molar-refractivity contribution < 1.29 is 4.79 Å². The van der Waals surface area contributed by atoms with E-state index in [2.05, 4.69) is 10.3 Å². The van der Waals surface area contributed by atoms with Crippen molar-refractivity contribution in [2.24, 2.45) is 0 Å². The number of hydrogen-bond donors (Lipinski definition) is 1. The van der Waals surface area contributed by atoms with Crippen molar-refractivity contribution in [1.82, 2.24) is 9.38 Å². The Labute approximate surface area is 121 Å². The summed E-state index contributed by atoms with van der Waals surface area (Å²) in [6.07, 6.45) is 5.33. The molecule has 0 spiro atoms. The van der Waals surface area contributed by atoms with Gasteiger partial charge in [-0.2, -0.15) is 0 Å². The molecule has 0 aliphatic carbocycles. The number of carbonyl (C=O) groups excluding carboxylic acids is 1. The molecule has 0 atom stereocenters. The molecule has 0 unspecified atom stereocenters. The molecule has 3 rings (SSSR count). The molecular weight excluding hydrogens is 274 g/mol. The van der Waals surface area contributed by atoms with Crippen LogP contribution in [0.3, 0.4) is 0 Å². The molecule has 1 aromatic carbocycles. The Morgan fingerprint density at radius 1 is 1.30 bits per heavy atom. The largest absolute Gasteiger partial charge is 0.322 e. The van der Waals surface area contributed by atoms with Crippen LogP contribution in [0.15, 0.2) is 48.9 Å². The van der Waals surface area contributed by atoms with Crippen LogP contribution in [0.4, 0.5) is 5.69 Å². The molecule has 0 aliphatic rings. The number of anilines is 1. The van der Waals surface area contributed by atoms with Crippen LogP contribution in [0.2, 0.25) is 5.02 Å². The summed E-state index contributed by atoms with van der Waals surface area (Å²) in [5.74, 6) is -0.188. The maximum absolute atomic E-state index is 12.4. The Morgan fingerprint density at radius 2 is 2.15 bits per heavy atom. The normalized spacial score (nSPS) is 10.7. The summed E-state index contributed by atoms with van der Waals surface area (Å²) >= 11 is 5.91. The number of aryl methyl sites for hydroxylation is 1. The maximum Gasteiger partial charge on any atom is 0.259 e. The highest BCUT2D eigenvalue weighted by Crippen LogP contribution is 2.20. The molecular formula is C15H12ClN3O. The van der Waals surface area contributed by atoms with Crippen LogP contribution in [0.5, 0.6) is 0 Å². The van der Waals surface area contributed by atoms with E-state index < -0.39 is 0 Å². The van der Waals surface area contributed by atoms with E-state index in [-0.39, 0.29) is 5.91 Å². The molecule has 20 heavy (non-hydrogen) atoms. The van der Waals surface area contributed by atoms with Gasteiger partial charge in [0.05, 0.1) is 5.56 Å². The van der Waals surface area contributed by atoms with Crippen molar-refractivity contribution in [2.75, 3.05) is 5.32 Å². The fourth-order valence-corrected chi connectivity index (χ4v) is 2.31. The number of amides is 1. The third-order valence-corrected chi connectivity index (χ3v) is 3.34. The van der Waals surface area contributed by atoms with Gasteiger partial charge in [-0.05, 0) is 42.8 Å². The number of imidazole rings is 1. The second-order valence-corrected chi connectivity index (χ2v) is 4.93. The highest BCUT2D eigenvalue weighted by atomic mass is 35.5. The van der Waals surface area contributed by atoms with E-state index in [9.17, 15) is 4.79 Å². The second kappa shape index (κ2) is 4.98. The zero-order valence-electron chi connectivity index (χ0n) is 10.8. The van der Waals surface area contributed by atoms with Crippen LogP contribution in [-0.4, -0.2) is 15.3 Å². The van der Waals surface area contributed by atoms with Gasteiger partial charge in [0.1, 0.15) is 5.65 Å². The molecule has 2 heterocycles. The number of hydrogen-bond acceptors (Lipinski definition) is 2. The quantitative estimate of drug-likeness (QED) is 0.783. The summed E-state index contributed by atoms with van der Waals surface area (Å²) in [5.41, 5.74) is 2.83. The lowest BCUT2D eigenvalue weighted by atomic mass is 10.2. The first-order valence-corrected chi connectivity index (χ1v) is 6.52. The van der Waals surface area contributed by atoms with E-state index in [1.54, 1.807) is 30.6 Å². The minimum absolute atomic E-state index is 0.188. The van der Waals surface area contributed by atoms with Crippen molar-refractivity contribution in [3.63, 3.8) is 0 Å². The van der Waals surface area contributed by atoms with Crippen LogP contribution in [0.1, 0.15) is 15.9 Å². The summed E-state index contributed by atoms with van der Waals surface area (Å²) in [5, 5.41) is 3.53. The highest BCUT2D eigenvalue weighted by molar-refractivity contribution is 6.30. The zero-order valence-corrected chi connectivity index (χ0v) is 11.6. The molecule has 100 valence electrons. The van der Waals surface area contributed by atoms with Gasteiger partial charge >= 0.3 is 0 Å². The van der Waals surface area contributed by atoms with Crippen molar-refractivity contribution in [3.8, 4) is 0 Å². The van der Waals surface area contributed by atoms with Gasteiger partial charge in [0.15, 0.2) is 0 Å². The fraction of sp³-hybridized carbons (Fsp3) is 0.0667. The van der Waals surface area contributed by atoms with Gasteiger partial charge in [-0.3, -0.25) is 4.79 Å². The first-order valence-electron chi connectivity index (χ1n) is 6.14. The predicted molar refractivity (Wildman–Crippen MR) is 79.3 cm³/mol. The van der Waals surface area contributed by atoms with Crippen LogP contribution in [0.25, 0.3) is 5.65 Å². The number of aromatic nitrogens is 2. The third kappa shape index (κ3) is 2.26. The second-order valence-electron chi connectivity index (χ2n) is 4.49. The lowest BCUT2D eigenvalue weighted by Gasteiger charge is -2.09. The van der Waals surface area contributed by atoms with Gasteiger partial charge < -0.3 is 9.72 Å². The Balaban J connectivity index is 1.95. The first-order chi connectivity index (χ1) is 9.65. The number of fused-ring (bicyclic) bond motifs is 1. The van der Waals surface area contributed by atoms with Crippen molar-refractivity contribution >= 4 is 28.8 Å². The summed E-state index contributed by atoms with van der Waals surface area (Å²) in [6.45, 7) is 1.90. The van der Waals surface area contributed by atoms with E-state index in [1.165, 1.54) is 0 Å². The van der Waals surface area contributed by atoms with E-state index >= 15 is 0 Å². The maximum atomic E-state index is 12.4. The molecule has 1 amide bonds. The number of halogens is 1. The van der Waals surface area contributed by atoms with Gasteiger partial charge in [-0.1, -0.05) is 11.6 Å². The molecule has 5 heteroatoms. The average molecular weight is 286 g/mol. The minimum Gasteiger partial charge on any atom is -0.322 e. The van der Waals surface area contributed by atoms with Crippen LogP contribution >= 0.6 is 11.6 Å². The fourth-order valence-electron chi connectivity index (χ4n) is 2.08. The summed E-state index contributed by atoms with van der Waals surface area (Å²) < 4.78 is 1.81. The standard InChI is InChI=1S/C15H12ClN3O/c1-10-9-11(16)4-5-13(10)18-15(20)12-3-2-7-19-8-6-17-14(12)19/h2-9H,1H3,(H,18,20). The Hall–Kier alpha value is -2.33. The Kier molecular flexibility index (Phi) is 3.16. The van der Waals surface area contributed by atoms with E-state index in [1.807, 2.05) is 29.7 Å². The average Bonchev–Trinajstić information content (AvgIpc) is 2.90. The summed E-state index contributed by atoms with van der Waals surface area (Å²) in [6, 6.07) is 8.93. The number of nitrogens with zero attached hydrogens (tertiary/aromatic N) is 2. The molecule has 2 aromatic heterocycles. The van der Waals surface area contributed by atoms with Gasteiger partial charge in [-0.25, -0.2) is 4.98 Å². The van der Waals surface area contributed by atoms with Crippen molar-refractivity contribution in [3.05, 3.63) is 65.1 Å². The highest BCUT2D eigenvalue weighted by Gasteiger charge is 2.12. The molecule has 0 bridgehead atoms. The number of benzene rings is 1. The van der Waals surface area contributed by atoms with Crippen molar-refractivity contribution in [1.29, 1.82) is 0 Å². The Bertz CT molecular complexity index is 795. The topological polar surface area (TPSA) is 46.4 Å². The Morgan fingerprint density at radius 3 is 2.95 bits per heavy atom. The zero-order chi connectivity index (χ0) is 14.1. The van der Waals surface area contributed by atoms with Gasteiger partial charge in [0.25, 0.3) is 5.91 Å². The van der Waals surface area contributed by atoms with Crippen molar-refractivity contribution in [2.45, 2.75) is 6.92 Å². The molecule has 0 radical (unpaired) electrons. The first kappa shape index (κ1) is 12.7. The van der Waals surface area contributed by atoms with Crippen LogP contribution in [-0.2, 0) is 0 Å². The molecule has 0 fully saturated rings. The van der Waals surface area contributed by atoms with Gasteiger partial charge in [-0.15, -0.1) is 0 Å². The molecule has 4 nitrogen and oxygen atoms in total. The predicted octanol–water partition coefficient (Wildman–Crippen LogP) is 3.55. The molecule has 0 saturated heterocycles. The number of carbonyl (C=O) groups is 1. The molecule has 0 saturated carbocycles. The lowest BCUT2D eigenvalue weighted by molar-refractivity contribution is 0.102. The minimum atomic E-state index is -0.188. The third-order valence-electron chi connectivity index (χ3n) is 3.10. The SMILES string of the molecule is Cc1cc(Cl)ccc1NC(=O)c1cccn2ccnc12. The number of nitrogens with one attached hydrogen (secondary N) is 1. The van der Waals surface area contributed by atoms with Gasteiger partial charge in [0, 0.05) is 29.3 Å². The summed E-state index contributed by atoms with van der Waals surface area (Å²) in [4.78, 5) is 16.6. The number of pyridine rings is 1. The van der Waals surface area contributed by atoms with Crippen LogP contribution in [0, 0.1) is 6.92 Å². The molecule has 1 N–H and O–H groups in total. The number of rotatable bonds is 2. The van der Waals surface area contributed by atoms with E-state index in [4.69, 9.17) is 11.6 Å². The molecule has 0 aliphatic heterocycles. The summed E-state index contributed by atoms with van der Waals surface area (Å²) in [7, 11) is 0. The van der Waals surface area contributed by atoms with Gasteiger partial charge in [0.2, 0.25) is 0 Å². The molecule has 3 aromatic rings. The monoisotopic (exact) mass is 285 g/mol. The lowest BCUT2D eigenvalue weighted by Crippen LogP contribution is -2.14. The van der Waals surface area contributed by atoms with E-state index in [0.29, 0.717) is 16.2 Å². The van der Waals surface area contributed by atoms with E-state index in [0.717, 1.165) is 11.3 Å².